The zero-order chi connectivity index (χ0) is 35.9. The van der Waals surface area contributed by atoms with E-state index in [2.05, 4.69) is 26.0 Å². The first-order chi connectivity index (χ1) is 23.9. The van der Waals surface area contributed by atoms with Crippen molar-refractivity contribution in [1.82, 2.24) is 0 Å². The van der Waals surface area contributed by atoms with Crippen molar-refractivity contribution in [2.24, 2.45) is 5.73 Å². The molecule has 3 N–H and O–H groups in total. The summed E-state index contributed by atoms with van der Waals surface area (Å²) < 4.78 is 33.4. The minimum atomic E-state index is -4.27. The highest BCUT2D eigenvalue weighted by Gasteiger charge is 2.25. The van der Waals surface area contributed by atoms with Crippen LogP contribution < -0.4 is 5.73 Å². The Balaban J connectivity index is 4.01. The van der Waals surface area contributed by atoms with Gasteiger partial charge in [0.2, 0.25) is 0 Å². The molecular weight excluding hydrogens is 637 g/mol. The lowest BCUT2D eigenvalue weighted by Gasteiger charge is -2.20. The number of phosphoric ester groups is 1. The topological polar surface area (TPSA) is 117 Å². The highest BCUT2D eigenvalue weighted by molar-refractivity contribution is 7.47. The first kappa shape index (κ1) is 48.2. The van der Waals surface area contributed by atoms with Crippen LogP contribution in [0.3, 0.4) is 0 Å². The molecule has 9 heteroatoms. The summed E-state index contributed by atoms with van der Waals surface area (Å²) in [5, 5.41) is 0. The third-order valence-electron chi connectivity index (χ3n) is 8.93. The number of allylic oxidation sites excluding steroid dienone is 2. The van der Waals surface area contributed by atoms with Gasteiger partial charge in [0.25, 0.3) is 0 Å². The van der Waals surface area contributed by atoms with Gasteiger partial charge in [-0.3, -0.25) is 13.8 Å². The SMILES string of the molecule is CCCCCC/C=C\CCCCCCCC(=O)OC(COCCCCCCCCCCCCCCCCCCC)COP(=O)(O)OCCN. The van der Waals surface area contributed by atoms with Gasteiger partial charge in [0.15, 0.2) is 0 Å². The second-order valence-corrected chi connectivity index (χ2v) is 15.3. The fraction of sp³-hybridized carbons (Fsp3) is 0.925. The summed E-state index contributed by atoms with van der Waals surface area (Å²) in [5.41, 5.74) is 5.36. The Morgan fingerprint density at radius 2 is 1.02 bits per heavy atom. The monoisotopic (exact) mass is 718 g/mol. The zero-order valence-corrected chi connectivity index (χ0v) is 33.1. The Labute approximate surface area is 303 Å². The number of carbonyl (C=O) groups excluding carboxylic acids is 1. The Kier molecular flexibility index (Phi) is 37.9. The maximum atomic E-state index is 12.5. The van der Waals surface area contributed by atoms with Crippen LogP contribution in [0.2, 0.25) is 0 Å². The van der Waals surface area contributed by atoms with E-state index in [1.165, 1.54) is 135 Å². The summed E-state index contributed by atoms with van der Waals surface area (Å²) in [7, 11) is -4.27. The maximum absolute atomic E-state index is 12.5. The van der Waals surface area contributed by atoms with E-state index < -0.39 is 13.9 Å². The fourth-order valence-corrected chi connectivity index (χ4v) is 6.64. The first-order valence-corrected chi connectivity index (χ1v) is 22.2. The van der Waals surface area contributed by atoms with Crippen LogP contribution >= 0.6 is 7.82 Å². The summed E-state index contributed by atoms with van der Waals surface area (Å²) in [6.07, 6.45) is 39.4. The molecule has 0 saturated carbocycles. The highest BCUT2D eigenvalue weighted by Crippen LogP contribution is 2.43. The molecule has 0 aromatic heterocycles. The molecule has 0 spiro atoms. The molecule has 2 atom stereocenters. The van der Waals surface area contributed by atoms with Gasteiger partial charge >= 0.3 is 13.8 Å². The van der Waals surface area contributed by atoms with E-state index in [-0.39, 0.29) is 32.3 Å². The van der Waals surface area contributed by atoms with Crippen LogP contribution in [0.25, 0.3) is 0 Å². The third kappa shape index (κ3) is 38.3. The summed E-state index contributed by atoms with van der Waals surface area (Å²) >= 11 is 0. The van der Waals surface area contributed by atoms with E-state index in [4.69, 9.17) is 24.3 Å². The van der Waals surface area contributed by atoms with Gasteiger partial charge in [0.1, 0.15) is 6.10 Å². The maximum Gasteiger partial charge on any atom is 0.472 e. The molecule has 0 aliphatic rings. The number of hydrogen-bond acceptors (Lipinski definition) is 7. The average Bonchev–Trinajstić information content (AvgIpc) is 3.09. The van der Waals surface area contributed by atoms with Crippen LogP contribution in [0, 0.1) is 0 Å². The van der Waals surface area contributed by atoms with Gasteiger partial charge in [-0.2, -0.15) is 0 Å². The van der Waals surface area contributed by atoms with Crippen molar-refractivity contribution in [2.75, 3.05) is 33.0 Å². The van der Waals surface area contributed by atoms with E-state index in [9.17, 15) is 14.3 Å². The van der Waals surface area contributed by atoms with Crippen molar-refractivity contribution < 1.29 is 32.8 Å². The van der Waals surface area contributed by atoms with Gasteiger partial charge < -0.3 is 20.1 Å². The summed E-state index contributed by atoms with van der Waals surface area (Å²) in [4.78, 5) is 22.4. The first-order valence-electron chi connectivity index (χ1n) is 20.7. The number of esters is 1. The molecular formula is C40H80NO7P. The minimum Gasteiger partial charge on any atom is -0.457 e. The van der Waals surface area contributed by atoms with Gasteiger partial charge in [-0.25, -0.2) is 4.57 Å². The number of unbranched alkanes of at least 4 members (excludes halogenated alkanes) is 25. The van der Waals surface area contributed by atoms with Crippen LogP contribution in [0.5, 0.6) is 0 Å². The molecule has 0 saturated heterocycles. The summed E-state index contributed by atoms with van der Waals surface area (Å²) in [5.74, 6) is -0.336. The molecule has 0 aliphatic heterocycles. The predicted molar refractivity (Wildman–Crippen MR) is 206 cm³/mol. The molecule has 292 valence electrons. The lowest BCUT2D eigenvalue weighted by molar-refractivity contribution is -0.154. The van der Waals surface area contributed by atoms with Crippen LogP contribution in [0.4, 0.5) is 0 Å². The van der Waals surface area contributed by atoms with Crippen LogP contribution in [0.1, 0.15) is 200 Å². The molecule has 0 aromatic rings. The van der Waals surface area contributed by atoms with Crippen molar-refractivity contribution in [3.8, 4) is 0 Å². The molecule has 0 aromatic carbocycles. The molecule has 0 aliphatic carbocycles. The van der Waals surface area contributed by atoms with E-state index >= 15 is 0 Å². The summed E-state index contributed by atoms with van der Waals surface area (Å²) in [6, 6.07) is 0. The second kappa shape index (κ2) is 38.5. The molecule has 0 radical (unpaired) electrons. The number of rotatable bonds is 40. The lowest BCUT2D eigenvalue weighted by atomic mass is 10.0. The molecule has 8 nitrogen and oxygen atoms in total. The van der Waals surface area contributed by atoms with Crippen LogP contribution in [0.15, 0.2) is 12.2 Å². The smallest absolute Gasteiger partial charge is 0.457 e. The Morgan fingerprint density at radius 1 is 0.592 bits per heavy atom. The minimum absolute atomic E-state index is 0.0939. The van der Waals surface area contributed by atoms with Gasteiger partial charge in [-0.15, -0.1) is 0 Å². The molecule has 2 unspecified atom stereocenters. The molecule has 49 heavy (non-hydrogen) atoms. The Bertz CT molecular complexity index is 767. The Hall–Kier alpha value is -0.760. The molecule has 0 heterocycles. The second-order valence-electron chi connectivity index (χ2n) is 13.9. The van der Waals surface area contributed by atoms with Gasteiger partial charge in [-0.05, 0) is 38.5 Å². The quantitative estimate of drug-likeness (QED) is 0.0278. The lowest BCUT2D eigenvalue weighted by Crippen LogP contribution is -2.28. The predicted octanol–water partition coefficient (Wildman–Crippen LogP) is 11.9. The molecule has 0 fully saturated rings. The Morgan fingerprint density at radius 3 is 1.51 bits per heavy atom. The van der Waals surface area contributed by atoms with Crippen molar-refractivity contribution in [3.05, 3.63) is 12.2 Å². The standard InChI is InChI=1S/C40H80NO7P/c1-3-5-7-9-11-13-15-17-18-19-20-22-24-26-28-30-32-35-45-37-39(38-47-49(43,44)46-36-34-41)48-40(42)33-31-29-27-25-23-21-16-14-12-10-8-6-4-2/h14,16,39H,3-13,15,17-38,41H2,1-2H3,(H,43,44)/b16-14-. The van der Waals surface area contributed by atoms with Crippen molar-refractivity contribution in [3.63, 3.8) is 0 Å². The molecule has 0 bridgehead atoms. The van der Waals surface area contributed by atoms with Crippen molar-refractivity contribution >= 4 is 13.8 Å². The average molecular weight is 718 g/mol. The third-order valence-corrected chi connectivity index (χ3v) is 9.92. The van der Waals surface area contributed by atoms with Gasteiger partial charge in [0, 0.05) is 19.6 Å². The van der Waals surface area contributed by atoms with Gasteiger partial charge in [0.05, 0.1) is 19.8 Å². The zero-order valence-electron chi connectivity index (χ0n) is 32.2. The molecule has 0 amide bonds. The van der Waals surface area contributed by atoms with Crippen LogP contribution in [-0.4, -0.2) is 49.9 Å². The van der Waals surface area contributed by atoms with E-state index in [0.717, 1.165) is 44.9 Å². The fourth-order valence-electron chi connectivity index (χ4n) is 5.87. The summed E-state index contributed by atoms with van der Waals surface area (Å²) in [6.45, 7) is 4.93. The highest BCUT2D eigenvalue weighted by atomic mass is 31.2. The number of hydrogen-bond donors (Lipinski definition) is 2. The number of carbonyl (C=O) groups is 1. The van der Waals surface area contributed by atoms with E-state index in [1.807, 2.05) is 0 Å². The molecule has 0 rings (SSSR count). The van der Waals surface area contributed by atoms with Crippen molar-refractivity contribution in [1.29, 1.82) is 0 Å². The number of phosphoric acid groups is 1. The number of ether oxygens (including phenoxy) is 2. The normalized spacial score (nSPS) is 13.6. The van der Waals surface area contributed by atoms with E-state index in [0.29, 0.717) is 13.0 Å². The van der Waals surface area contributed by atoms with Crippen molar-refractivity contribution in [2.45, 2.75) is 206 Å². The van der Waals surface area contributed by atoms with E-state index in [1.54, 1.807) is 0 Å². The number of nitrogens with two attached hydrogens (primary N) is 1. The largest absolute Gasteiger partial charge is 0.472 e. The van der Waals surface area contributed by atoms with Crippen LogP contribution in [-0.2, 0) is 27.9 Å². The van der Waals surface area contributed by atoms with Gasteiger partial charge in [-0.1, -0.05) is 167 Å².